The summed E-state index contributed by atoms with van der Waals surface area (Å²) < 4.78 is 38.4. The number of carbonyl (C=O) groups excluding carboxylic acids is 1. The van der Waals surface area contributed by atoms with Gasteiger partial charge in [0.1, 0.15) is 0 Å². The van der Waals surface area contributed by atoms with E-state index in [9.17, 15) is 22.8 Å². The zero-order chi connectivity index (χ0) is 26.3. The van der Waals surface area contributed by atoms with E-state index in [0.717, 1.165) is 24.1 Å². The van der Waals surface area contributed by atoms with Gasteiger partial charge in [-0.05, 0) is 42.2 Å². The van der Waals surface area contributed by atoms with E-state index in [0.29, 0.717) is 28.6 Å². The van der Waals surface area contributed by atoms with Gasteiger partial charge in [0.15, 0.2) is 5.82 Å². The lowest BCUT2D eigenvalue weighted by molar-refractivity contribution is -0.138. The molecule has 1 aromatic heterocycles. The topological polar surface area (TPSA) is 104 Å². The van der Waals surface area contributed by atoms with Gasteiger partial charge in [-0.25, -0.2) is 9.97 Å². The number of aliphatic carboxylic acids is 1. The number of carboxylic acids is 1. The van der Waals surface area contributed by atoms with E-state index in [1.54, 1.807) is 24.5 Å². The first-order valence-electron chi connectivity index (χ1n) is 11.4. The Morgan fingerprint density at radius 1 is 0.972 bits per heavy atom. The van der Waals surface area contributed by atoms with Crippen LogP contribution in [0.15, 0.2) is 60.9 Å². The van der Waals surface area contributed by atoms with Gasteiger partial charge in [-0.2, -0.15) is 13.2 Å². The third-order valence-corrected chi connectivity index (χ3v) is 5.37. The highest BCUT2D eigenvalue weighted by atomic mass is 19.4. The Kier molecular flexibility index (Phi) is 8.63. The molecular weight excluding hydrogens is 473 g/mol. The first-order valence-corrected chi connectivity index (χ1v) is 11.4. The van der Waals surface area contributed by atoms with Gasteiger partial charge in [0.05, 0.1) is 36.1 Å². The summed E-state index contributed by atoms with van der Waals surface area (Å²) in [5.74, 6) is -0.658. The van der Waals surface area contributed by atoms with Crippen molar-refractivity contribution in [3.8, 4) is 11.4 Å². The number of benzene rings is 2. The van der Waals surface area contributed by atoms with Gasteiger partial charge in [0, 0.05) is 17.7 Å². The molecule has 3 aromatic rings. The van der Waals surface area contributed by atoms with E-state index in [2.05, 4.69) is 34.4 Å². The van der Waals surface area contributed by atoms with Crippen molar-refractivity contribution in [2.24, 2.45) is 5.92 Å². The van der Waals surface area contributed by atoms with Crippen molar-refractivity contribution in [1.29, 1.82) is 0 Å². The number of aromatic nitrogens is 2. The maximum absolute atomic E-state index is 12.8. The Bertz CT molecular complexity index is 1160. The van der Waals surface area contributed by atoms with Crippen molar-refractivity contribution >= 4 is 17.6 Å². The van der Waals surface area contributed by atoms with Crippen molar-refractivity contribution in [1.82, 2.24) is 15.3 Å². The number of anilines is 1. The molecule has 2 aromatic carbocycles. The molecule has 7 nitrogen and oxygen atoms in total. The standard InChI is InChI=1S/C26H27F3N4O3/c1-16(2)13-22(17-3-5-19(6-4-17)25(36)30-12-11-23(34)35)33-21-14-31-24(32-15-21)18-7-9-20(10-8-18)26(27,28)29/h3-10,14-16,22,33H,11-13H2,1-2H3,(H,30,36)(H,34,35). The van der Waals surface area contributed by atoms with Crippen LogP contribution >= 0.6 is 0 Å². The van der Waals surface area contributed by atoms with Crippen molar-refractivity contribution in [2.45, 2.75) is 38.9 Å². The smallest absolute Gasteiger partial charge is 0.416 e. The molecule has 3 N–H and O–H groups in total. The largest absolute Gasteiger partial charge is 0.481 e. The van der Waals surface area contributed by atoms with Crippen LogP contribution in [-0.4, -0.2) is 33.5 Å². The molecule has 0 bridgehead atoms. The van der Waals surface area contributed by atoms with Crippen molar-refractivity contribution in [3.63, 3.8) is 0 Å². The molecule has 0 radical (unpaired) electrons. The Morgan fingerprint density at radius 2 is 1.58 bits per heavy atom. The van der Waals surface area contributed by atoms with Crippen LogP contribution in [0, 0.1) is 5.92 Å². The minimum absolute atomic E-state index is 0.0515. The minimum atomic E-state index is -4.40. The highest BCUT2D eigenvalue weighted by molar-refractivity contribution is 5.94. The predicted molar refractivity (Wildman–Crippen MR) is 129 cm³/mol. The van der Waals surface area contributed by atoms with E-state index in [1.165, 1.54) is 12.1 Å². The summed E-state index contributed by atoms with van der Waals surface area (Å²) in [6.07, 6.45) is -0.606. The molecule has 1 heterocycles. The summed E-state index contributed by atoms with van der Waals surface area (Å²) in [6.45, 7) is 4.22. The zero-order valence-corrected chi connectivity index (χ0v) is 19.8. The Morgan fingerprint density at radius 3 is 2.11 bits per heavy atom. The average molecular weight is 501 g/mol. The quantitative estimate of drug-likeness (QED) is 0.336. The van der Waals surface area contributed by atoms with E-state index in [4.69, 9.17) is 5.11 Å². The van der Waals surface area contributed by atoms with E-state index in [-0.39, 0.29) is 24.9 Å². The Hall–Kier alpha value is -3.95. The Balaban J connectivity index is 1.70. The fourth-order valence-corrected chi connectivity index (χ4v) is 3.56. The van der Waals surface area contributed by atoms with Crippen molar-refractivity contribution in [2.75, 3.05) is 11.9 Å². The third-order valence-electron chi connectivity index (χ3n) is 5.37. The van der Waals surface area contributed by atoms with Gasteiger partial charge in [0.2, 0.25) is 0 Å². The molecule has 0 saturated carbocycles. The number of hydrogen-bond donors (Lipinski definition) is 3. The maximum atomic E-state index is 12.8. The second-order valence-electron chi connectivity index (χ2n) is 8.72. The van der Waals surface area contributed by atoms with E-state index in [1.807, 2.05) is 12.1 Å². The molecule has 36 heavy (non-hydrogen) atoms. The number of nitrogens with one attached hydrogen (secondary N) is 2. The lowest BCUT2D eigenvalue weighted by Crippen LogP contribution is -2.26. The number of halogens is 3. The lowest BCUT2D eigenvalue weighted by Gasteiger charge is -2.22. The summed E-state index contributed by atoms with van der Waals surface area (Å²) in [5.41, 5.74) is 1.76. The molecule has 0 aliphatic carbocycles. The molecule has 190 valence electrons. The molecule has 0 fully saturated rings. The fourth-order valence-electron chi connectivity index (χ4n) is 3.56. The molecule has 1 unspecified atom stereocenters. The molecule has 3 rings (SSSR count). The van der Waals surface area contributed by atoms with Crippen LogP contribution < -0.4 is 10.6 Å². The summed E-state index contributed by atoms with van der Waals surface area (Å²) in [5, 5.41) is 14.7. The molecule has 0 aliphatic heterocycles. The second-order valence-corrected chi connectivity index (χ2v) is 8.72. The molecule has 10 heteroatoms. The monoisotopic (exact) mass is 500 g/mol. The van der Waals surface area contributed by atoms with Gasteiger partial charge in [-0.3, -0.25) is 9.59 Å². The third kappa shape index (κ3) is 7.53. The molecular formula is C26H27F3N4O3. The molecule has 0 saturated heterocycles. The van der Waals surface area contributed by atoms with E-state index >= 15 is 0 Å². The van der Waals surface area contributed by atoms with Crippen LogP contribution in [0.25, 0.3) is 11.4 Å². The van der Waals surface area contributed by atoms with Gasteiger partial charge in [-0.1, -0.05) is 38.1 Å². The van der Waals surface area contributed by atoms with Gasteiger partial charge in [0.25, 0.3) is 5.91 Å². The van der Waals surface area contributed by atoms with Crippen LogP contribution in [0.5, 0.6) is 0 Å². The SMILES string of the molecule is CC(C)CC(Nc1cnc(-c2ccc(C(F)(F)F)cc2)nc1)c1ccc(C(=O)NCCC(=O)O)cc1. The average Bonchev–Trinajstić information content (AvgIpc) is 2.83. The molecule has 1 atom stereocenters. The number of alkyl halides is 3. The highest BCUT2D eigenvalue weighted by Gasteiger charge is 2.30. The molecule has 1 amide bonds. The number of carbonyl (C=O) groups is 2. The number of hydrogen-bond acceptors (Lipinski definition) is 5. The summed E-state index contributed by atoms with van der Waals surface area (Å²) in [4.78, 5) is 31.4. The molecule has 0 spiro atoms. The fraction of sp³-hybridized carbons (Fsp3) is 0.308. The van der Waals surface area contributed by atoms with Crippen LogP contribution in [0.2, 0.25) is 0 Å². The second kappa shape index (κ2) is 11.7. The number of amides is 1. The van der Waals surface area contributed by atoms with Crippen molar-refractivity contribution < 1.29 is 27.9 Å². The number of carboxylic acid groups (broad SMARTS) is 1. The highest BCUT2D eigenvalue weighted by Crippen LogP contribution is 2.31. The van der Waals surface area contributed by atoms with Gasteiger partial charge < -0.3 is 15.7 Å². The Labute approximate surface area is 206 Å². The van der Waals surface area contributed by atoms with Crippen LogP contribution in [0.3, 0.4) is 0 Å². The summed E-state index contributed by atoms with van der Waals surface area (Å²) in [6, 6.07) is 11.6. The first kappa shape index (κ1) is 26.7. The van der Waals surface area contributed by atoms with Crippen LogP contribution in [0.4, 0.5) is 18.9 Å². The van der Waals surface area contributed by atoms with Crippen LogP contribution in [-0.2, 0) is 11.0 Å². The predicted octanol–water partition coefficient (Wildman–Crippen LogP) is 5.57. The van der Waals surface area contributed by atoms with Crippen molar-refractivity contribution in [3.05, 3.63) is 77.6 Å². The first-order chi connectivity index (χ1) is 17.0. The molecule has 0 aliphatic rings. The normalized spacial score (nSPS) is 12.3. The van der Waals surface area contributed by atoms with E-state index < -0.39 is 17.7 Å². The zero-order valence-electron chi connectivity index (χ0n) is 19.8. The minimum Gasteiger partial charge on any atom is -0.481 e. The number of nitrogens with zero attached hydrogens (tertiary/aromatic N) is 2. The number of rotatable bonds is 10. The summed E-state index contributed by atoms with van der Waals surface area (Å²) >= 11 is 0. The van der Waals surface area contributed by atoms with Crippen LogP contribution in [0.1, 0.15) is 54.2 Å². The van der Waals surface area contributed by atoms with Gasteiger partial charge in [-0.15, -0.1) is 0 Å². The maximum Gasteiger partial charge on any atom is 0.416 e. The summed E-state index contributed by atoms with van der Waals surface area (Å²) in [7, 11) is 0. The lowest BCUT2D eigenvalue weighted by atomic mass is 9.96. The van der Waals surface area contributed by atoms with Gasteiger partial charge >= 0.3 is 12.1 Å².